The monoisotopic (exact) mass is 317 g/mol. The van der Waals surface area contributed by atoms with Crippen LogP contribution in [0.25, 0.3) is 0 Å². The average molecular weight is 317 g/mol. The molecular weight excluding hydrogens is 290 g/mol. The van der Waals surface area contributed by atoms with Gasteiger partial charge in [0.05, 0.1) is 13.2 Å². The van der Waals surface area contributed by atoms with E-state index in [1.807, 2.05) is 17.0 Å². The van der Waals surface area contributed by atoms with E-state index in [0.29, 0.717) is 5.92 Å². The molecule has 2 heterocycles. The van der Waals surface area contributed by atoms with Crippen LogP contribution in [-0.2, 0) is 4.79 Å². The van der Waals surface area contributed by atoms with Crippen molar-refractivity contribution in [3.05, 3.63) is 24.3 Å². The quantitative estimate of drug-likeness (QED) is 0.922. The van der Waals surface area contributed by atoms with Crippen LogP contribution in [0.4, 0.5) is 5.69 Å². The van der Waals surface area contributed by atoms with E-state index in [9.17, 15) is 4.79 Å². The molecule has 2 saturated heterocycles. The summed E-state index contributed by atoms with van der Waals surface area (Å²) in [7, 11) is 1.69. The van der Waals surface area contributed by atoms with Gasteiger partial charge < -0.3 is 19.9 Å². The van der Waals surface area contributed by atoms with Crippen LogP contribution in [0.5, 0.6) is 5.75 Å². The molecule has 0 radical (unpaired) electrons. The molecule has 0 aliphatic carbocycles. The van der Waals surface area contributed by atoms with Crippen LogP contribution in [0.3, 0.4) is 0 Å². The summed E-state index contributed by atoms with van der Waals surface area (Å²) in [6.07, 6.45) is 2.14. The maximum absolute atomic E-state index is 12.7. The van der Waals surface area contributed by atoms with Crippen molar-refractivity contribution in [1.82, 2.24) is 10.2 Å². The summed E-state index contributed by atoms with van der Waals surface area (Å²) < 4.78 is 5.29. The predicted octanol–water partition coefficient (Wildman–Crippen LogP) is 1.73. The molecule has 2 atom stereocenters. The van der Waals surface area contributed by atoms with Gasteiger partial charge in [-0.15, -0.1) is 0 Å². The normalized spacial score (nSPS) is 25.3. The van der Waals surface area contributed by atoms with Crippen LogP contribution < -0.4 is 15.0 Å². The molecule has 0 saturated carbocycles. The molecule has 1 aromatic rings. The second-order valence-corrected chi connectivity index (χ2v) is 6.65. The minimum absolute atomic E-state index is 0.0159. The number of piperazine rings is 1. The Bertz CT molecular complexity index is 541. The van der Waals surface area contributed by atoms with E-state index in [2.05, 4.69) is 29.3 Å². The van der Waals surface area contributed by atoms with Gasteiger partial charge in [-0.3, -0.25) is 4.79 Å². The third-order valence-electron chi connectivity index (χ3n) is 4.97. The zero-order valence-corrected chi connectivity index (χ0v) is 14.1. The number of hydrogen-bond donors (Lipinski definition) is 1. The van der Waals surface area contributed by atoms with E-state index >= 15 is 0 Å². The van der Waals surface area contributed by atoms with Gasteiger partial charge in [0.1, 0.15) is 5.75 Å². The lowest BCUT2D eigenvalue weighted by molar-refractivity contribution is -0.134. The highest BCUT2D eigenvalue weighted by Gasteiger charge is 2.30. The summed E-state index contributed by atoms with van der Waals surface area (Å²) in [5, 5.41) is 3.38. The SMILES string of the molecule is COc1cccc(N2CCN(C(=O)C3CC(C)CCN3)CC2)c1. The highest BCUT2D eigenvalue weighted by molar-refractivity contribution is 5.82. The maximum Gasteiger partial charge on any atom is 0.239 e. The summed E-state index contributed by atoms with van der Waals surface area (Å²) in [4.78, 5) is 17.0. The maximum atomic E-state index is 12.7. The van der Waals surface area contributed by atoms with Crippen LogP contribution in [0.15, 0.2) is 24.3 Å². The molecule has 23 heavy (non-hydrogen) atoms. The Morgan fingerprint density at radius 2 is 2.04 bits per heavy atom. The first-order chi connectivity index (χ1) is 11.2. The largest absolute Gasteiger partial charge is 0.497 e. The first-order valence-corrected chi connectivity index (χ1v) is 8.58. The molecule has 2 aliphatic rings. The number of anilines is 1. The van der Waals surface area contributed by atoms with E-state index in [0.717, 1.165) is 44.9 Å². The number of nitrogens with one attached hydrogen (secondary N) is 1. The molecule has 3 rings (SSSR count). The third-order valence-corrected chi connectivity index (χ3v) is 4.97. The molecule has 5 heteroatoms. The molecule has 0 bridgehead atoms. The van der Waals surface area contributed by atoms with Crippen LogP contribution in [-0.4, -0.2) is 56.7 Å². The lowest BCUT2D eigenvalue weighted by Gasteiger charge is -2.39. The lowest BCUT2D eigenvalue weighted by atomic mass is 9.93. The Morgan fingerprint density at radius 1 is 1.26 bits per heavy atom. The summed E-state index contributed by atoms with van der Waals surface area (Å²) in [6, 6.07) is 8.15. The second-order valence-electron chi connectivity index (χ2n) is 6.65. The molecule has 0 aromatic heterocycles. The number of benzene rings is 1. The van der Waals surface area contributed by atoms with Crippen LogP contribution in [0, 0.1) is 5.92 Å². The Balaban J connectivity index is 1.56. The van der Waals surface area contributed by atoms with Gasteiger partial charge in [0.15, 0.2) is 0 Å². The fourth-order valence-corrected chi connectivity index (χ4v) is 3.51. The van der Waals surface area contributed by atoms with Crippen molar-refractivity contribution in [3.63, 3.8) is 0 Å². The van der Waals surface area contributed by atoms with Crippen molar-refractivity contribution in [2.75, 3.05) is 44.7 Å². The molecule has 0 spiro atoms. The number of nitrogens with zero attached hydrogens (tertiary/aromatic N) is 2. The minimum Gasteiger partial charge on any atom is -0.497 e. The molecule has 126 valence electrons. The van der Waals surface area contributed by atoms with Gasteiger partial charge in [0.25, 0.3) is 0 Å². The Hall–Kier alpha value is -1.75. The van der Waals surface area contributed by atoms with Gasteiger partial charge in [0, 0.05) is 37.9 Å². The van der Waals surface area contributed by atoms with Crippen molar-refractivity contribution < 1.29 is 9.53 Å². The first kappa shape index (κ1) is 16.1. The van der Waals surface area contributed by atoms with Crippen LogP contribution in [0.1, 0.15) is 19.8 Å². The number of hydrogen-bond acceptors (Lipinski definition) is 4. The van der Waals surface area contributed by atoms with Gasteiger partial charge >= 0.3 is 0 Å². The zero-order chi connectivity index (χ0) is 16.2. The molecule has 1 aromatic carbocycles. The average Bonchev–Trinajstić information content (AvgIpc) is 2.61. The van der Waals surface area contributed by atoms with E-state index < -0.39 is 0 Å². The smallest absolute Gasteiger partial charge is 0.239 e. The van der Waals surface area contributed by atoms with Gasteiger partial charge in [-0.1, -0.05) is 13.0 Å². The molecule has 5 nitrogen and oxygen atoms in total. The summed E-state index contributed by atoms with van der Waals surface area (Å²) in [6.45, 7) is 6.54. The topological polar surface area (TPSA) is 44.8 Å². The van der Waals surface area contributed by atoms with Crippen molar-refractivity contribution in [2.45, 2.75) is 25.8 Å². The third kappa shape index (κ3) is 3.78. The number of piperidine rings is 1. The summed E-state index contributed by atoms with van der Waals surface area (Å²) in [5.74, 6) is 1.80. The first-order valence-electron chi connectivity index (χ1n) is 8.58. The molecule has 2 unspecified atom stereocenters. The Kier molecular flexibility index (Phi) is 5.06. The van der Waals surface area contributed by atoms with Gasteiger partial charge in [-0.05, 0) is 37.4 Å². The van der Waals surface area contributed by atoms with Crippen molar-refractivity contribution in [1.29, 1.82) is 0 Å². The predicted molar refractivity (Wildman–Crippen MR) is 92.0 cm³/mol. The number of rotatable bonds is 3. The fraction of sp³-hybridized carbons (Fsp3) is 0.611. The summed E-state index contributed by atoms with van der Waals surface area (Å²) in [5.41, 5.74) is 1.17. The van der Waals surface area contributed by atoms with E-state index in [-0.39, 0.29) is 11.9 Å². The van der Waals surface area contributed by atoms with Crippen molar-refractivity contribution in [2.24, 2.45) is 5.92 Å². The number of methoxy groups -OCH3 is 1. The lowest BCUT2D eigenvalue weighted by Crippen LogP contribution is -2.55. The number of carbonyl (C=O) groups is 1. The van der Waals surface area contributed by atoms with Crippen LogP contribution >= 0.6 is 0 Å². The van der Waals surface area contributed by atoms with Gasteiger partial charge in [0.2, 0.25) is 5.91 Å². The summed E-state index contributed by atoms with van der Waals surface area (Å²) >= 11 is 0. The molecule has 1 amide bonds. The van der Waals surface area contributed by atoms with Crippen molar-refractivity contribution >= 4 is 11.6 Å². The van der Waals surface area contributed by atoms with Crippen molar-refractivity contribution in [3.8, 4) is 5.75 Å². The molecule has 2 fully saturated rings. The molecular formula is C18H27N3O2. The number of ether oxygens (including phenoxy) is 1. The highest BCUT2D eigenvalue weighted by Crippen LogP contribution is 2.23. The molecule has 1 N–H and O–H groups in total. The second kappa shape index (κ2) is 7.21. The zero-order valence-electron chi connectivity index (χ0n) is 14.1. The van der Waals surface area contributed by atoms with Crippen LogP contribution in [0.2, 0.25) is 0 Å². The number of amides is 1. The standard InChI is InChI=1S/C18H27N3O2/c1-14-6-7-19-17(12-14)18(22)21-10-8-20(9-11-21)15-4-3-5-16(13-15)23-2/h3-5,13-14,17,19H,6-12H2,1-2H3. The van der Waals surface area contributed by atoms with E-state index in [1.165, 1.54) is 12.1 Å². The van der Waals surface area contributed by atoms with E-state index in [4.69, 9.17) is 4.74 Å². The minimum atomic E-state index is 0.0159. The Morgan fingerprint density at radius 3 is 2.74 bits per heavy atom. The van der Waals surface area contributed by atoms with E-state index in [1.54, 1.807) is 7.11 Å². The van der Waals surface area contributed by atoms with Gasteiger partial charge in [-0.2, -0.15) is 0 Å². The highest BCUT2D eigenvalue weighted by atomic mass is 16.5. The number of carbonyl (C=O) groups excluding carboxylic acids is 1. The van der Waals surface area contributed by atoms with Gasteiger partial charge in [-0.25, -0.2) is 0 Å². The Labute approximate surface area is 138 Å². The fourth-order valence-electron chi connectivity index (χ4n) is 3.51. The molecule has 2 aliphatic heterocycles.